The molecule has 1 aromatic rings. The lowest BCUT2D eigenvalue weighted by atomic mass is 10.0. The second-order valence-electron chi connectivity index (χ2n) is 5.91. The topological polar surface area (TPSA) is 93.0 Å². The van der Waals surface area contributed by atoms with E-state index in [9.17, 15) is 19.7 Å². The molecule has 8 nitrogen and oxygen atoms in total. The minimum Gasteiger partial charge on any atom is -0.410 e. The van der Waals surface area contributed by atoms with Crippen LogP contribution in [-0.2, 0) is 16.0 Å². The number of rotatable bonds is 7. The Morgan fingerprint density at radius 2 is 2.03 bits per heavy atom. The predicted octanol–water partition coefficient (Wildman–Crippen LogP) is 4.22. The number of nitro benzene ring substituents is 1. The third kappa shape index (κ3) is 6.31. The van der Waals surface area contributed by atoms with Crippen molar-refractivity contribution >= 4 is 23.4 Å². The SMILES string of the molecule is C=C/C=C(\C=C)OC(=O)N(C)CCN1C(=O)CCc2cc([N+](=O)[O-])ccc21.CC. The number of benzene rings is 1. The van der Waals surface area contributed by atoms with Gasteiger partial charge >= 0.3 is 6.09 Å². The van der Waals surface area contributed by atoms with E-state index in [1.54, 1.807) is 18.0 Å². The second-order valence-corrected chi connectivity index (χ2v) is 5.91. The van der Waals surface area contributed by atoms with Crippen molar-refractivity contribution in [2.24, 2.45) is 0 Å². The Morgan fingerprint density at radius 1 is 1.34 bits per heavy atom. The lowest BCUT2D eigenvalue weighted by molar-refractivity contribution is -0.384. The summed E-state index contributed by atoms with van der Waals surface area (Å²) in [6.45, 7) is 11.6. The fourth-order valence-electron chi connectivity index (χ4n) is 2.69. The van der Waals surface area contributed by atoms with E-state index < -0.39 is 11.0 Å². The minimum absolute atomic E-state index is 0.00490. The summed E-state index contributed by atoms with van der Waals surface area (Å²) >= 11 is 0. The number of anilines is 1. The number of amides is 2. The van der Waals surface area contributed by atoms with Crippen LogP contribution in [0.2, 0.25) is 0 Å². The molecule has 0 aromatic heterocycles. The molecule has 0 unspecified atom stereocenters. The highest BCUT2D eigenvalue weighted by molar-refractivity contribution is 5.96. The van der Waals surface area contributed by atoms with Crippen LogP contribution < -0.4 is 4.90 Å². The summed E-state index contributed by atoms with van der Waals surface area (Å²) < 4.78 is 5.16. The van der Waals surface area contributed by atoms with Crippen molar-refractivity contribution in [1.82, 2.24) is 4.90 Å². The molecule has 1 heterocycles. The van der Waals surface area contributed by atoms with Gasteiger partial charge in [-0.2, -0.15) is 0 Å². The Labute approximate surface area is 170 Å². The number of likely N-dealkylation sites (N-methyl/N-ethyl adjacent to an activating group) is 1. The fourth-order valence-corrected chi connectivity index (χ4v) is 2.69. The summed E-state index contributed by atoms with van der Waals surface area (Å²) in [6, 6.07) is 4.44. The molecule has 0 saturated heterocycles. The van der Waals surface area contributed by atoms with E-state index in [0.29, 0.717) is 12.1 Å². The highest BCUT2D eigenvalue weighted by atomic mass is 16.6. The number of hydrogen-bond donors (Lipinski definition) is 0. The Balaban J connectivity index is 0.00000204. The van der Waals surface area contributed by atoms with E-state index in [1.807, 2.05) is 13.8 Å². The number of nitro groups is 1. The number of ether oxygens (including phenoxy) is 1. The largest absolute Gasteiger partial charge is 0.415 e. The number of fused-ring (bicyclic) bond motifs is 1. The zero-order valence-electron chi connectivity index (χ0n) is 17.1. The van der Waals surface area contributed by atoms with Gasteiger partial charge in [-0.3, -0.25) is 14.9 Å². The molecule has 1 aromatic carbocycles. The second kappa shape index (κ2) is 11.4. The quantitative estimate of drug-likeness (QED) is 0.295. The van der Waals surface area contributed by atoms with Gasteiger partial charge in [0.05, 0.1) is 4.92 Å². The van der Waals surface area contributed by atoms with Gasteiger partial charge in [0, 0.05) is 44.4 Å². The van der Waals surface area contributed by atoms with Crippen LogP contribution in [0, 0.1) is 10.1 Å². The standard InChI is InChI=1S/C19H21N3O5.C2H6/c1-4-6-16(5-2)27-19(24)20(3)11-12-21-17-9-8-15(22(25)26)13-14(17)7-10-18(21)23;1-2/h4-6,8-9,13H,1-2,7,10-12H2,3H3;1-2H3/b16-6+;. The Hall–Kier alpha value is -3.42. The van der Waals surface area contributed by atoms with Crippen LogP contribution in [0.1, 0.15) is 25.8 Å². The number of non-ortho nitro benzene ring substituents is 1. The van der Waals surface area contributed by atoms with Gasteiger partial charge in [-0.05, 0) is 30.2 Å². The zero-order chi connectivity index (χ0) is 22.0. The van der Waals surface area contributed by atoms with E-state index in [2.05, 4.69) is 13.2 Å². The molecule has 8 heteroatoms. The molecule has 0 bridgehead atoms. The van der Waals surface area contributed by atoms with E-state index >= 15 is 0 Å². The van der Waals surface area contributed by atoms with Crippen LogP contribution >= 0.6 is 0 Å². The lowest BCUT2D eigenvalue weighted by Crippen LogP contribution is -2.41. The van der Waals surface area contributed by atoms with Crippen molar-refractivity contribution in [3.05, 3.63) is 71.0 Å². The summed E-state index contributed by atoms with van der Waals surface area (Å²) in [5.41, 5.74) is 1.38. The van der Waals surface area contributed by atoms with Gasteiger partial charge < -0.3 is 14.5 Å². The van der Waals surface area contributed by atoms with Crippen molar-refractivity contribution in [1.29, 1.82) is 0 Å². The zero-order valence-corrected chi connectivity index (χ0v) is 17.1. The normalized spacial score (nSPS) is 12.9. The maximum Gasteiger partial charge on any atom is 0.415 e. The Bertz CT molecular complexity index is 817. The van der Waals surface area contributed by atoms with Crippen molar-refractivity contribution in [3.63, 3.8) is 0 Å². The molecule has 0 radical (unpaired) electrons. The maximum absolute atomic E-state index is 12.3. The molecule has 29 heavy (non-hydrogen) atoms. The van der Waals surface area contributed by atoms with Crippen molar-refractivity contribution in [3.8, 4) is 0 Å². The maximum atomic E-state index is 12.3. The molecule has 1 aliphatic heterocycles. The summed E-state index contributed by atoms with van der Waals surface area (Å²) in [5, 5.41) is 10.9. The number of nitrogens with zero attached hydrogens (tertiary/aromatic N) is 3. The van der Waals surface area contributed by atoms with Crippen molar-refractivity contribution < 1.29 is 19.2 Å². The van der Waals surface area contributed by atoms with Crippen LogP contribution in [0.4, 0.5) is 16.2 Å². The third-order valence-electron chi connectivity index (χ3n) is 4.13. The first-order valence-electron chi connectivity index (χ1n) is 9.33. The highest BCUT2D eigenvalue weighted by Gasteiger charge is 2.26. The van der Waals surface area contributed by atoms with E-state index in [1.165, 1.54) is 35.3 Å². The van der Waals surface area contributed by atoms with Crippen LogP contribution in [0.25, 0.3) is 0 Å². The molecular formula is C21H27N3O5. The average Bonchev–Trinajstić information content (AvgIpc) is 2.73. The van der Waals surface area contributed by atoms with E-state index in [4.69, 9.17) is 4.74 Å². The minimum atomic E-state index is -0.587. The predicted molar refractivity (Wildman–Crippen MR) is 113 cm³/mol. The first-order chi connectivity index (χ1) is 13.9. The van der Waals surface area contributed by atoms with Gasteiger partial charge in [-0.25, -0.2) is 4.79 Å². The van der Waals surface area contributed by atoms with Gasteiger partial charge in [-0.1, -0.05) is 33.1 Å². The smallest absolute Gasteiger partial charge is 0.410 e. The van der Waals surface area contributed by atoms with Gasteiger partial charge in [0.25, 0.3) is 5.69 Å². The Morgan fingerprint density at radius 3 is 2.62 bits per heavy atom. The van der Waals surface area contributed by atoms with E-state index in [-0.39, 0.29) is 36.9 Å². The monoisotopic (exact) mass is 401 g/mol. The molecule has 0 saturated carbocycles. The molecule has 156 valence electrons. The van der Waals surface area contributed by atoms with Gasteiger partial charge in [0.2, 0.25) is 5.91 Å². The van der Waals surface area contributed by atoms with Gasteiger partial charge in [0.15, 0.2) is 0 Å². The first kappa shape index (κ1) is 23.6. The summed E-state index contributed by atoms with van der Waals surface area (Å²) in [7, 11) is 1.56. The molecule has 2 amide bonds. The third-order valence-corrected chi connectivity index (χ3v) is 4.13. The van der Waals surface area contributed by atoms with Crippen LogP contribution in [0.5, 0.6) is 0 Å². The number of carbonyl (C=O) groups excluding carboxylic acids is 2. The number of allylic oxidation sites excluding steroid dienone is 3. The summed E-state index contributed by atoms with van der Waals surface area (Å²) in [4.78, 5) is 37.8. The molecule has 0 aliphatic carbocycles. The van der Waals surface area contributed by atoms with E-state index in [0.717, 1.165) is 5.56 Å². The number of aryl methyl sites for hydroxylation is 1. The lowest BCUT2D eigenvalue weighted by Gasteiger charge is -2.30. The van der Waals surface area contributed by atoms with Gasteiger partial charge in [0.1, 0.15) is 5.76 Å². The number of carbonyl (C=O) groups is 2. The van der Waals surface area contributed by atoms with Crippen LogP contribution in [0.15, 0.2) is 55.3 Å². The highest BCUT2D eigenvalue weighted by Crippen LogP contribution is 2.30. The average molecular weight is 401 g/mol. The van der Waals surface area contributed by atoms with Crippen LogP contribution in [-0.4, -0.2) is 42.0 Å². The molecule has 2 rings (SSSR count). The Kier molecular flexibility index (Phi) is 9.31. The molecule has 1 aliphatic rings. The molecular weight excluding hydrogens is 374 g/mol. The molecule has 0 fully saturated rings. The van der Waals surface area contributed by atoms with Gasteiger partial charge in [-0.15, -0.1) is 0 Å². The molecule has 0 spiro atoms. The van der Waals surface area contributed by atoms with Crippen molar-refractivity contribution in [2.45, 2.75) is 26.7 Å². The number of hydrogen-bond acceptors (Lipinski definition) is 5. The molecule has 0 atom stereocenters. The van der Waals surface area contributed by atoms with Crippen molar-refractivity contribution in [2.75, 3.05) is 25.0 Å². The fraction of sp³-hybridized carbons (Fsp3) is 0.333. The van der Waals surface area contributed by atoms with Crippen LogP contribution in [0.3, 0.4) is 0 Å². The summed E-state index contributed by atoms with van der Waals surface area (Å²) in [5.74, 6) is 0.185. The summed E-state index contributed by atoms with van der Waals surface area (Å²) in [6.07, 6.45) is 4.52. The first-order valence-corrected chi connectivity index (χ1v) is 9.33. The molecule has 0 N–H and O–H groups in total.